The number of hydrogen-bond acceptors (Lipinski definition) is 3. The summed E-state index contributed by atoms with van der Waals surface area (Å²) in [6.07, 6.45) is -2.24. The number of alkyl halides is 3. The van der Waals surface area contributed by atoms with Crippen LogP contribution in [0.5, 0.6) is 0 Å². The largest absolute Gasteiger partial charge is 0.401 e. The lowest BCUT2D eigenvalue weighted by atomic mass is 9.89. The summed E-state index contributed by atoms with van der Waals surface area (Å²) in [5, 5.41) is 3.35. The molecule has 1 aromatic carbocycles. The highest BCUT2D eigenvalue weighted by molar-refractivity contribution is 6.30. The third-order valence-corrected chi connectivity index (χ3v) is 5.93. The minimum absolute atomic E-state index is 0.00978. The minimum Gasteiger partial charge on any atom is -0.311 e. The van der Waals surface area contributed by atoms with Gasteiger partial charge in [0.25, 0.3) is 0 Å². The Kier molecular flexibility index (Phi) is 6.51. The number of piperidine rings is 1. The maximum atomic E-state index is 13.7. The van der Waals surface area contributed by atoms with Crippen molar-refractivity contribution in [2.45, 2.75) is 44.4 Å². The standard InChI is InChI=1S/C19H24ClF4N3O/c1-12(13-4-7-26(8-5-13)11-19(22,23)24)25-17-6-9-27(18(17)28)14-2-3-15(20)16(21)10-14/h2-3,10,12-13,17,25H,4-9,11H2,1H3. The van der Waals surface area contributed by atoms with E-state index in [-0.39, 0.29) is 28.9 Å². The number of likely N-dealkylation sites (tertiary alicyclic amines) is 1. The van der Waals surface area contributed by atoms with E-state index in [1.807, 2.05) is 6.92 Å². The second-order valence-corrected chi connectivity index (χ2v) is 8.02. The summed E-state index contributed by atoms with van der Waals surface area (Å²) >= 11 is 5.70. The van der Waals surface area contributed by atoms with Crippen molar-refractivity contribution in [2.24, 2.45) is 5.92 Å². The van der Waals surface area contributed by atoms with E-state index in [1.165, 1.54) is 21.9 Å². The van der Waals surface area contributed by atoms with Crippen LogP contribution in [0.3, 0.4) is 0 Å². The SMILES string of the molecule is CC(NC1CCN(c2ccc(Cl)c(F)c2)C1=O)C1CCN(CC(F)(F)F)CC1. The number of nitrogens with one attached hydrogen (secondary N) is 1. The Balaban J connectivity index is 1.52. The lowest BCUT2D eigenvalue weighted by Crippen LogP contribution is -2.49. The van der Waals surface area contributed by atoms with Crippen LogP contribution in [-0.2, 0) is 4.79 Å². The topological polar surface area (TPSA) is 35.6 Å². The van der Waals surface area contributed by atoms with E-state index >= 15 is 0 Å². The van der Waals surface area contributed by atoms with Gasteiger partial charge in [-0.15, -0.1) is 0 Å². The highest BCUT2D eigenvalue weighted by Gasteiger charge is 2.37. The molecule has 4 nitrogen and oxygen atoms in total. The van der Waals surface area contributed by atoms with Crippen molar-refractivity contribution >= 4 is 23.2 Å². The molecule has 28 heavy (non-hydrogen) atoms. The Morgan fingerprint density at radius 1 is 1.21 bits per heavy atom. The van der Waals surface area contributed by atoms with Gasteiger partial charge in [0.2, 0.25) is 5.91 Å². The van der Waals surface area contributed by atoms with E-state index in [1.54, 1.807) is 6.07 Å². The molecule has 0 aliphatic carbocycles. The van der Waals surface area contributed by atoms with Crippen molar-refractivity contribution < 1.29 is 22.4 Å². The molecule has 0 spiro atoms. The zero-order valence-corrected chi connectivity index (χ0v) is 16.4. The second-order valence-electron chi connectivity index (χ2n) is 7.61. The molecular formula is C19H24ClF4N3O. The first-order valence-corrected chi connectivity index (χ1v) is 9.83. The quantitative estimate of drug-likeness (QED) is 0.734. The molecule has 3 rings (SSSR count). The number of carbonyl (C=O) groups excluding carboxylic acids is 1. The maximum absolute atomic E-state index is 13.7. The number of rotatable bonds is 5. The molecule has 2 atom stereocenters. The van der Waals surface area contributed by atoms with E-state index in [0.29, 0.717) is 44.6 Å². The number of hydrogen-bond donors (Lipinski definition) is 1. The Morgan fingerprint density at radius 3 is 2.50 bits per heavy atom. The first-order valence-electron chi connectivity index (χ1n) is 9.45. The lowest BCUT2D eigenvalue weighted by molar-refractivity contribution is -0.148. The van der Waals surface area contributed by atoms with Gasteiger partial charge in [0.1, 0.15) is 5.82 Å². The minimum atomic E-state index is -4.17. The summed E-state index contributed by atoms with van der Waals surface area (Å²) in [5.41, 5.74) is 0.476. The Hall–Kier alpha value is -1.38. The third-order valence-electron chi connectivity index (χ3n) is 5.63. The number of amides is 1. The van der Waals surface area contributed by atoms with Crippen molar-refractivity contribution in [1.82, 2.24) is 10.2 Å². The predicted molar refractivity (Wildman–Crippen MR) is 100.0 cm³/mol. The Labute approximate surface area is 166 Å². The van der Waals surface area contributed by atoms with Crippen LogP contribution < -0.4 is 10.2 Å². The van der Waals surface area contributed by atoms with Gasteiger partial charge in [-0.2, -0.15) is 13.2 Å². The summed E-state index contributed by atoms with van der Waals surface area (Å²) in [4.78, 5) is 15.7. The smallest absolute Gasteiger partial charge is 0.311 e. The average molecular weight is 422 g/mol. The van der Waals surface area contributed by atoms with Crippen LogP contribution in [0.1, 0.15) is 26.2 Å². The number of nitrogens with zero attached hydrogens (tertiary/aromatic N) is 2. The van der Waals surface area contributed by atoms with Crippen molar-refractivity contribution in [3.05, 3.63) is 29.0 Å². The summed E-state index contributed by atoms with van der Waals surface area (Å²) in [7, 11) is 0. The fourth-order valence-electron chi connectivity index (χ4n) is 4.06. The maximum Gasteiger partial charge on any atom is 0.401 e. The summed E-state index contributed by atoms with van der Waals surface area (Å²) in [5.74, 6) is -0.468. The van der Waals surface area contributed by atoms with Gasteiger partial charge in [-0.1, -0.05) is 11.6 Å². The van der Waals surface area contributed by atoms with Gasteiger partial charge in [-0.3, -0.25) is 9.69 Å². The van der Waals surface area contributed by atoms with E-state index in [2.05, 4.69) is 5.32 Å². The molecule has 0 aromatic heterocycles. The van der Waals surface area contributed by atoms with Gasteiger partial charge in [0.15, 0.2) is 0 Å². The Bertz CT molecular complexity index is 707. The zero-order chi connectivity index (χ0) is 20.5. The molecule has 2 heterocycles. The molecule has 0 bridgehead atoms. The molecule has 2 aliphatic heterocycles. The first-order chi connectivity index (χ1) is 13.1. The van der Waals surface area contributed by atoms with Crippen LogP contribution in [0, 0.1) is 11.7 Å². The number of carbonyl (C=O) groups is 1. The molecule has 1 N–H and O–H groups in total. The van der Waals surface area contributed by atoms with E-state index < -0.39 is 18.5 Å². The molecule has 2 fully saturated rings. The van der Waals surface area contributed by atoms with Gasteiger partial charge >= 0.3 is 6.18 Å². The van der Waals surface area contributed by atoms with Crippen LogP contribution >= 0.6 is 11.6 Å². The van der Waals surface area contributed by atoms with Crippen LogP contribution in [-0.4, -0.2) is 55.2 Å². The average Bonchev–Trinajstić information content (AvgIpc) is 2.97. The zero-order valence-electron chi connectivity index (χ0n) is 15.6. The van der Waals surface area contributed by atoms with Crippen molar-refractivity contribution in [1.29, 1.82) is 0 Å². The fourth-order valence-corrected chi connectivity index (χ4v) is 4.18. The van der Waals surface area contributed by atoms with E-state index in [0.717, 1.165) is 0 Å². The fraction of sp³-hybridized carbons (Fsp3) is 0.632. The Morgan fingerprint density at radius 2 is 1.89 bits per heavy atom. The molecule has 9 heteroatoms. The van der Waals surface area contributed by atoms with Crippen molar-refractivity contribution in [3.8, 4) is 0 Å². The molecule has 2 saturated heterocycles. The van der Waals surface area contributed by atoms with Crippen LogP contribution in [0.15, 0.2) is 18.2 Å². The molecule has 0 saturated carbocycles. The van der Waals surface area contributed by atoms with Crippen molar-refractivity contribution in [3.63, 3.8) is 0 Å². The van der Waals surface area contributed by atoms with Crippen LogP contribution in [0.25, 0.3) is 0 Å². The molecule has 156 valence electrons. The number of halogens is 5. The van der Waals surface area contributed by atoms with Gasteiger partial charge in [-0.05, 0) is 63.4 Å². The monoisotopic (exact) mass is 421 g/mol. The van der Waals surface area contributed by atoms with Gasteiger partial charge in [0.05, 0.1) is 17.6 Å². The third kappa shape index (κ3) is 5.15. The molecular weight excluding hydrogens is 398 g/mol. The normalized spacial score (nSPS) is 23.4. The highest BCUT2D eigenvalue weighted by Crippen LogP contribution is 2.28. The molecule has 1 aromatic rings. The van der Waals surface area contributed by atoms with Crippen LogP contribution in [0.4, 0.5) is 23.2 Å². The predicted octanol–water partition coefficient (Wildman–Crippen LogP) is 3.84. The molecule has 2 aliphatic rings. The van der Waals surface area contributed by atoms with Gasteiger partial charge in [-0.25, -0.2) is 4.39 Å². The second kappa shape index (κ2) is 8.55. The molecule has 1 amide bonds. The number of benzene rings is 1. The number of anilines is 1. The van der Waals surface area contributed by atoms with Crippen molar-refractivity contribution in [2.75, 3.05) is 31.1 Å². The van der Waals surface area contributed by atoms with Gasteiger partial charge in [0, 0.05) is 18.3 Å². The summed E-state index contributed by atoms with van der Waals surface area (Å²) < 4.78 is 51.2. The van der Waals surface area contributed by atoms with E-state index in [4.69, 9.17) is 11.6 Å². The van der Waals surface area contributed by atoms with E-state index in [9.17, 15) is 22.4 Å². The van der Waals surface area contributed by atoms with Crippen LogP contribution in [0.2, 0.25) is 5.02 Å². The summed E-state index contributed by atoms with van der Waals surface area (Å²) in [6.45, 7) is 2.40. The molecule has 0 radical (unpaired) electrons. The van der Waals surface area contributed by atoms with Gasteiger partial charge < -0.3 is 10.2 Å². The summed E-state index contributed by atoms with van der Waals surface area (Å²) in [6, 6.07) is 3.94. The highest BCUT2D eigenvalue weighted by atomic mass is 35.5. The lowest BCUT2D eigenvalue weighted by Gasteiger charge is -2.36. The molecule has 2 unspecified atom stereocenters. The first kappa shape index (κ1) is 21.3.